The molecule has 3 aromatic carbocycles. The molecule has 0 unspecified atom stereocenters. The number of fused-ring (bicyclic) bond motifs is 1. The van der Waals surface area contributed by atoms with Crippen LogP contribution >= 0.6 is 0 Å². The van der Waals surface area contributed by atoms with E-state index in [1.807, 2.05) is 0 Å². The van der Waals surface area contributed by atoms with E-state index in [-0.39, 0.29) is 22.9 Å². The van der Waals surface area contributed by atoms with Gasteiger partial charge in [-0.05, 0) is 48.5 Å². The number of pyridine rings is 1. The van der Waals surface area contributed by atoms with Crippen molar-refractivity contribution in [2.45, 2.75) is 12.6 Å². The van der Waals surface area contributed by atoms with Crippen molar-refractivity contribution in [1.82, 2.24) is 14.1 Å². The molecule has 46 heavy (non-hydrogen) atoms. The van der Waals surface area contributed by atoms with Gasteiger partial charge in [-0.15, -0.1) is 0 Å². The number of hydrogen-bond acceptors (Lipinski definition) is 10. The van der Waals surface area contributed by atoms with Crippen molar-refractivity contribution in [2.75, 3.05) is 26.1 Å². The highest BCUT2D eigenvalue weighted by Crippen LogP contribution is 2.37. The highest BCUT2D eigenvalue weighted by molar-refractivity contribution is 5.88. The topological polar surface area (TPSA) is 163 Å². The lowest BCUT2D eigenvalue weighted by Gasteiger charge is -2.15. The predicted molar refractivity (Wildman–Crippen MR) is 160 cm³/mol. The number of aliphatic hydroxyl groups excluding tert-OH is 2. The van der Waals surface area contributed by atoms with Crippen LogP contribution in [-0.4, -0.2) is 57.4 Å². The number of benzene rings is 3. The maximum Gasteiger partial charge on any atom is 0.417 e. The van der Waals surface area contributed by atoms with Crippen LogP contribution in [0.15, 0.2) is 82.6 Å². The number of ether oxygens (including phenoxy) is 4. The Morgan fingerprint density at radius 3 is 2.33 bits per heavy atom. The fraction of sp³-hybridized carbons (Fsp3) is 0.161. The minimum atomic E-state index is -1.39. The molecular weight excluding hydrogens is 610 g/mol. The third kappa shape index (κ3) is 6.64. The number of aromatic nitrogens is 3. The molecule has 0 spiro atoms. The van der Waals surface area contributed by atoms with E-state index in [1.165, 1.54) is 38.6 Å². The quantitative estimate of drug-likeness (QED) is 0.206. The molecule has 0 radical (unpaired) electrons. The summed E-state index contributed by atoms with van der Waals surface area (Å²) in [4.78, 5) is 43.2. The maximum atomic E-state index is 15.1. The van der Waals surface area contributed by atoms with Gasteiger partial charge < -0.3 is 29.2 Å². The number of anilines is 1. The molecular formula is C31H26F2N4O9. The molecule has 1 amide bonds. The van der Waals surface area contributed by atoms with Gasteiger partial charge in [0.2, 0.25) is 5.75 Å². The number of amides is 1. The highest BCUT2D eigenvalue weighted by atomic mass is 19.1. The molecule has 0 fully saturated rings. The van der Waals surface area contributed by atoms with Crippen LogP contribution in [0.25, 0.3) is 16.6 Å². The minimum absolute atomic E-state index is 0.0493. The van der Waals surface area contributed by atoms with E-state index in [0.717, 1.165) is 41.1 Å². The first kappa shape index (κ1) is 31.6. The lowest BCUT2D eigenvalue weighted by Crippen LogP contribution is -2.41. The summed E-state index contributed by atoms with van der Waals surface area (Å²) in [7, 11) is 2.95. The van der Waals surface area contributed by atoms with Crippen molar-refractivity contribution in [1.29, 1.82) is 0 Å². The number of carbonyl (C=O) groups is 1. The summed E-state index contributed by atoms with van der Waals surface area (Å²) in [5.74, 6) is -1.18. The van der Waals surface area contributed by atoms with Crippen LogP contribution in [0.2, 0.25) is 0 Å². The molecule has 0 aliphatic rings. The first-order chi connectivity index (χ1) is 22.1. The maximum absolute atomic E-state index is 15.1. The molecule has 0 saturated heterocycles. The van der Waals surface area contributed by atoms with Gasteiger partial charge in [0.25, 0.3) is 0 Å². The van der Waals surface area contributed by atoms with Gasteiger partial charge in [0.15, 0.2) is 23.1 Å². The van der Waals surface area contributed by atoms with Crippen molar-refractivity contribution < 1.29 is 42.7 Å². The van der Waals surface area contributed by atoms with Gasteiger partial charge in [0.1, 0.15) is 11.6 Å². The zero-order valence-corrected chi connectivity index (χ0v) is 24.3. The second kappa shape index (κ2) is 13.5. The lowest BCUT2D eigenvalue weighted by molar-refractivity contribution is 0.0796. The molecule has 15 heteroatoms. The highest BCUT2D eigenvalue weighted by Gasteiger charge is 2.20. The summed E-state index contributed by atoms with van der Waals surface area (Å²) in [5.41, 5.74) is -1.63. The van der Waals surface area contributed by atoms with Gasteiger partial charge in [-0.25, -0.2) is 22.9 Å². The first-order valence-corrected chi connectivity index (χ1v) is 13.5. The Bertz CT molecular complexity index is 2030. The zero-order valence-electron chi connectivity index (χ0n) is 24.3. The SMILES string of the molecule is COc1cc2nccc(Oc3ccc(NC(=O)Oc4cn(C[C@H](O)CO)c(=O)n(-c5ccc(F)cc5)c4=O)cc3F)c2cc1OC. The summed E-state index contributed by atoms with van der Waals surface area (Å²) >= 11 is 0. The number of nitrogens with one attached hydrogen (secondary N) is 1. The largest absolute Gasteiger partial charge is 0.493 e. The summed E-state index contributed by atoms with van der Waals surface area (Å²) in [6.07, 6.45) is -0.253. The van der Waals surface area contributed by atoms with E-state index in [0.29, 0.717) is 27.0 Å². The van der Waals surface area contributed by atoms with Crippen LogP contribution in [0.5, 0.6) is 28.7 Å². The molecule has 2 heterocycles. The third-order valence-corrected chi connectivity index (χ3v) is 6.63. The molecule has 3 N–H and O–H groups in total. The van der Waals surface area contributed by atoms with E-state index in [9.17, 15) is 29.0 Å². The van der Waals surface area contributed by atoms with Crippen molar-refractivity contribution in [3.05, 3.63) is 106 Å². The molecule has 0 aliphatic carbocycles. The van der Waals surface area contributed by atoms with E-state index < -0.39 is 54.0 Å². The van der Waals surface area contributed by atoms with Crippen molar-refractivity contribution in [3.8, 4) is 34.4 Å². The molecule has 0 saturated carbocycles. The summed E-state index contributed by atoms with van der Waals surface area (Å²) in [6, 6.07) is 12.7. The first-order valence-electron chi connectivity index (χ1n) is 13.5. The Morgan fingerprint density at radius 2 is 1.65 bits per heavy atom. The number of rotatable bonds is 10. The standard InChI is InChI=1S/C31H26F2N4O9/c1-43-26-12-21-23(13-27(26)44-2)34-10-9-24(21)45-25-8-5-18(11-22(25)33)35-30(41)46-28-15-36(14-20(39)16-38)31(42)37(29(28)40)19-6-3-17(32)4-7-19/h3-13,15,20,38-39H,14,16H2,1-2H3,(H,35,41)/t20-/m0/s1. The Labute approximate surface area is 258 Å². The van der Waals surface area contributed by atoms with Crippen LogP contribution in [0.1, 0.15) is 0 Å². The lowest BCUT2D eigenvalue weighted by atomic mass is 10.2. The van der Waals surface area contributed by atoms with E-state index in [4.69, 9.17) is 18.9 Å². The van der Waals surface area contributed by atoms with Crippen LogP contribution in [0.3, 0.4) is 0 Å². The summed E-state index contributed by atoms with van der Waals surface area (Å²) < 4.78 is 51.6. The molecule has 1 atom stereocenters. The van der Waals surface area contributed by atoms with E-state index >= 15 is 4.39 Å². The monoisotopic (exact) mass is 636 g/mol. The van der Waals surface area contributed by atoms with Crippen LogP contribution < -0.4 is 35.5 Å². The molecule has 5 aromatic rings. The number of hydrogen-bond donors (Lipinski definition) is 3. The van der Waals surface area contributed by atoms with Crippen LogP contribution in [-0.2, 0) is 6.54 Å². The van der Waals surface area contributed by atoms with E-state index in [2.05, 4.69) is 10.3 Å². The van der Waals surface area contributed by atoms with Gasteiger partial charge in [0, 0.05) is 29.4 Å². The molecule has 2 aromatic heterocycles. The van der Waals surface area contributed by atoms with Crippen LogP contribution in [0, 0.1) is 11.6 Å². The molecule has 0 aliphatic heterocycles. The molecule has 0 bridgehead atoms. The smallest absolute Gasteiger partial charge is 0.417 e. The molecule has 238 valence electrons. The Kier molecular flexibility index (Phi) is 9.25. The van der Waals surface area contributed by atoms with Gasteiger partial charge >= 0.3 is 17.3 Å². The van der Waals surface area contributed by atoms with Crippen molar-refractivity contribution in [2.24, 2.45) is 0 Å². The van der Waals surface area contributed by atoms with Gasteiger partial charge in [-0.3, -0.25) is 19.7 Å². The number of methoxy groups -OCH3 is 2. The number of halogens is 2. The Balaban J connectivity index is 1.38. The van der Waals surface area contributed by atoms with Crippen molar-refractivity contribution in [3.63, 3.8) is 0 Å². The second-order valence-corrected chi connectivity index (χ2v) is 9.68. The van der Waals surface area contributed by atoms with Gasteiger partial charge in [0.05, 0.1) is 50.9 Å². The second-order valence-electron chi connectivity index (χ2n) is 9.68. The molecule has 13 nitrogen and oxygen atoms in total. The van der Waals surface area contributed by atoms with Crippen molar-refractivity contribution >= 4 is 22.7 Å². The average molecular weight is 637 g/mol. The number of nitrogens with zero attached hydrogens (tertiary/aromatic N) is 3. The van der Waals surface area contributed by atoms with E-state index in [1.54, 1.807) is 12.1 Å². The Hall–Kier alpha value is -5.80. The minimum Gasteiger partial charge on any atom is -0.493 e. The summed E-state index contributed by atoms with van der Waals surface area (Å²) in [5, 5.41) is 21.9. The van der Waals surface area contributed by atoms with Gasteiger partial charge in [-0.1, -0.05) is 0 Å². The number of aliphatic hydroxyl groups is 2. The number of carbonyl (C=O) groups excluding carboxylic acids is 1. The van der Waals surface area contributed by atoms with Crippen LogP contribution in [0.4, 0.5) is 19.3 Å². The average Bonchev–Trinajstić information content (AvgIpc) is 3.04. The summed E-state index contributed by atoms with van der Waals surface area (Å²) in [6.45, 7) is -1.17. The van der Waals surface area contributed by atoms with Gasteiger partial charge in [-0.2, -0.15) is 0 Å². The predicted octanol–water partition coefficient (Wildman–Crippen LogP) is 3.60. The molecule has 5 rings (SSSR count). The normalized spacial score (nSPS) is 11.6. The zero-order chi connectivity index (χ0) is 33.0. The Morgan fingerprint density at radius 1 is 0.935 bits per heavy atom. The third-order valence-electron chi connectivity index (χ3n) is 6.63. The fourth-order valence-corrected chi connectivity index (χ4v) is 4.44. The fourth-order valence-electron chi connectivity index (χ4n) is 4.44.